The van der Waals surface area contributed by atoms with Crippen LogP contribution >= 0.6 is 0 Å². The fourth-order valence-corrected chi connectivity index (χ4v) is 2.12. The number of hydrogen-bond acceptors (Lipinski definition) is 4. The van der Waals surface area contributed by atoms with Gasteiger partial charge in [0.2, 0.25) is 5.89 Å². The minimum absolute atomic E-state index is 0.563. The van der Waals surface area contributed by atoms with Gasteiger partial charge in [0.25, 0.3) is 0 Å². The molecule has 108 valence electrons. The molecule has 0 radical (unpaired) electrons. The average Bonchev–Trinajstić information content (AvgIpc) is 3.04. The summed E-state index contributed by atoms with van der Waals surface area (Å²) in [6.45, 7) is 6.48. The van der Waals surface area contributed by atoms with Gasteiger partial charge in [0.15, 0.2) is 0 Å². The average molecular weight is 282 g/mol. The van der Waals surface area contributed by atoms with Crippen LogP contribution in [-0.2, 0) is 6.54 Å². The number of oxazole rings is 1. The Labute approximate surface area is 123 Å². The van der Waals surface area contributed by atoms with Crippen molar-refractivity contribution < 1.29 is 4.42 Å². The Morgan fingerprint density at radius 3 is 2.76 bits per heavy atom. The number of anilines is 1. The summed E-state index contributed by atoms with van der Waals surface area (Å²) in [5, 5.41) is 3.31. The summed E-state index contributed by atoms with van der Waals surface area (Å²) in [7, 11) is 0. The second-order valence-electron chi connectivity index (χ2n) is 5.09. The lowest BCUT2D eigenvalue weighted by Crippen LogP contribution is -1.99. The third kappa shape index (κ3) is 2.97. The number of rotatable bonds is 4. The quantitative estimate of drug-likeness (QED) is 0.767. The minimum atomic E-state index is 0.563. The van der Waals surface area contributed by atoms with E-state index in [1.54, 1.807) is 6.20 Å². The Morgan fingerprint density at radius 2 is 2.10 bits per heavy atom. The SMILES string of the molecule is Cc1cnc(CNc2cccc(-c3nc(C)c(C)[nH]3)c2)o1. The van der Waals surface area contributed by atoms with Gasteiger partial charge >= 0.3 is 0 Å². The highest BCUT2D eigenvalue weighted by Crippen LogP contribution is 2.21. The fraction of sp³-hybridized carbons (Fsp3) is 0.250. The van der Waals surface area contributed by atoms with Gasteiger partial charge in [-0.15, -0.1) is 0 Å². The lowest BCUT2D eigenvalue weighted by molar-refractivity contribution is 0.479. The summed E-state index contributed by atoms with van der Waals surface area (Å²) in [5.41, 5.74) is 4.19. The van der Waals surface area contributed by atoms with E-state index in [1.165, 1.54) is 0 Å². The van der Waals surface area contributed by atoms with Crippen molar-refractivity contribution in [2.45, 2.75) is 27.3 Å². The first-order valence-corrected chi connectivity index (χ1v) is 6.90. The van der Waals surface area contributed by atoms with Crippen LogP contribution in [0.15, 0.2) is 34.9 Å². The Morgan fingerprint density at radius 1 is 1.24 bits per heavy atom. The van der Waals surface area contributed by atoms with E-state index >= 15 is 0 Å². The van der Waals surface area contributed by atoms with Crippen LogP contribution in [0.5, 0.6) is 0 Å². The number of imidazole rings is 1. The summed E-state index contributed by atoms with van der Waals surface area (Å²) < 4.78 is 5.45. The summed E-state index contributed by atoms with van der Waals surface area (Å²) >= 11 is 0. The normalized spacial score (nSPS) is 10.8. The van der Waals surface area contributed by atoms with Gasteiger partial charge in [-0.3, -0.25) is 0 Å². The second kappa shape index (κ2) is 5.44. The number of hydrogen-bond donors (Lipinski definition) is 2. The maximum absolute atomic E-state index is 5.45. The van der Waals surface area contributed by atoms with Crippen molar-refractivity contribution in [1.29, 1.82) is 0 Å². The third-order valence-electron chi connectivity index (χ3n) is 3.38. The van der Waals surface area contributed by atoms with Crippen LogP contribution in [0.25, 0.3) is 11.4 Å². The van der Waals surface area contributed by atoms with Gasteiger partial charge < -0.3 is 14.7 Å². The number of aromatic amines is 1. The van der Waals surface area contributed by atoms with Gasteiger partial charge in [0.1, 0.15) is 11.6 Å². The summed E-state index contributed by atoms with van der Waals surface area (Å²) in [6, 6.07) is 8.12. The van der Waals surface area contributed by atoms with E-state index < -0.39 is 0 Å². The van der Waals surface area contributed by atoms with Crippen LogP contribution in [0.3, 0.4) is 0 Å². The smallest absolute Gasteiger partial charge is 0.213 e. The van der Waals surface area contributed by atoms with Crippen molar-refractivity contribution in [2.24, 2.45) is 0 Å². The highest BCUT2D eigenvalue weighted by molar-refractivity contribution is 5.63. The van der Waals surface area contributed by atoms with Gasteiger partial charge in [-0.05, 0) is 32.9 Å². The van der Waals surface area contributed by atoms with E-state index in [1.807, 2.05) is 39.0 Å². The van der Waals surface area contributed by atoms with Gasteiger partial charge in [0.05, 0.1) is 18.4 Å². The zero-order valence-electron chi connectivity index (χ0n) is 12.4. The van der Waals surface area contributed by atoms with Crippen LogP contribution in [0, 0.1) is 20.8 Å². The van der Waals surface area contributed by atoms with Crippen molar-refractivity contribution in [3.63, 3.8) is 0 Å². The number of nitrogens with one attached hydrogen (secondary N) is 2. The van der Waals surface area contributed by atoms with E-state index in [2.05, 4.69) is 26.3 Å². The molecule has 1 aromatic carbocycles. The zero-order chi connectivity index (χ0) is 14.8. The van der Waals surface area contributed by atoms with Gasteiger partial charge in [0, 0.05) is 16.9 Å². The molecule has 0 atom stereocenters. The van der Waals surface area contributed by atoms with E-state index in [0.717, 1.165) is 34.2 Å². The summed E-state index contributed by atoms with van der Waals surface area (Å²) in [4.78, 5) is 12.0. The van der Waals surface area contributed by atoms with Crippen molar-refractivity contribution in [3.8, 4) is 11.4 Å². The highest BCUT2D eigenvalue weighted by atomic mass is 16.4. The number of aryl methyl sites for hydroxylation is 3. The summed E-state index contributed by atoms with van der Waals surface area (Å²) in [6.07, 6.45) is 1.72. The number of nitrogens with zero attached hydrogens (tertiary/aromatic N) is 2. The summed E-state index contributed by atoms with van der Waals surface area (Å²) in [5.74, 6) is 2.39. The Kier molecular flexibility index (Phi) is 3.48. The molecule has 3 aromatic rings. The minimum Gasteiger partial charge on any atom is -0.444 e. The van der Waals surface area contributed by atoms with Crippen LogP contribution in [0.2, 0.25) is 0 Å². The molecule has 5 nitrogen and oxygen atoms in total. The molecule has 21 heavy (non-hydrogen) atoms. The van der Waals surface area contributed by atoms with Crippen molar-refractivity contribution >= 4 is 5.69 Å². The monoisotopic (exact) mass is 282 g/mol. The maximum atomic E-state index is 5.45. The van der Waals surface area contributed by atoms with Crippen LogP contribution in [-0.4, -0.2) is 15.0 Å². The zero-order valence-corrected chi connectivity index (χ0v) is 12.4. The molecule has 0 aliphatic carbocycles. The van der Waals surface area contributed by atoms with Crippen LogP contribution in [0.1, 0.15) is 23.0 Å². The first-order valence-electron chi connectivity index (χ1n) is 6.90. The fourth-order valence-electron chi connectivity index (χ4n) is 2.12. The second-order valence-corrected chi connectivity index (χ2v) is 5.09. The van der Waals surface area contributed by atoms with Gasteiger partial charge in [-0.1, -0.05) is 12.1 Å². The molecular formula is C16H18N4O. The molecule has 0 unspecified atom stereocenters. The number of aromatic nitrogens is 3. The predicted octanol–water partition coefficient (Wildman–Crippen LogP) is 3.60. The molecule has 2 heterocycles. The van der Waals surface area contributed by atoms with Crippen LogP contribution < -0.4 is 5.32 Å². The topological polar surface area (TPSA) is 66.7 Å². The molecule has 0 aliphatic heterocycles. The molecule has 0 saturated carbocycles. The standard InChI is InChI=1S/C16H18N4O/c1-10-8-18-15(21-10)9-17-14-6-4-5-13(7-14)16-19-11(2)12(3)20-16/h4-8,17H,9H2,1-3H3,(H,19,20). The van der Waals surface area contributed by atoms with Gasteiger partial charge in [-0.2, -0.15) is 0 Å². The van der Waals surface area contributed by atoms with Crippen molar-refractivity contribution in [1.82, 2.24) is 15.0 Å². The van der Waals surface area contributed by atoms with E-state index in [9.17, 15) is 0 Å². The van der Waals surface area contributed by atoms with E-state index in [0.29, 0.717) is 12.4 Å². The Balaban J connectivity index is 1.76. The molecule has 0 bridgehead atoms. The lowest BCUT2D eigenvalue weighted by atomic mass is 10.2. The maximum Gasteiger partial charge on any atom is 0.213 e. The van der Waals surface area contributed by atoms with Crippen molar-refractivity contribution in [3.05, 3.63) is 53.5 Å². The molecule has 3 rings (SSSR count). The Hall–Kier alpha value is -2.56. The van der Waals surface area contributed by atoms with Gasteiger partial charge in [-0.25, -0.2) is 9.97 Å². The highest BCUT2D eigenvalue weighted by Gasteiger charge is 2.06. The Bertz CT molecular complexity index is 738. The lowest BCUT2D eigenvalue weighted by Gasteiger charge is -2.05. The van der Waals surface area contributed by atoms with Crippen molar-refractivity contribution in [2.75, 3.05) is 5.32 Å². The third-order valence-corrected chi connectivity index (χ3v) is 3.38. The molecule has 0 fully saturated rings. The van der Waals surface area contributed by atoms with Crippen LogP contribution in [0.4, 0.5) is 5.69 Å². The molecule has 5 heteroatoms. The first kappa shape index (κ1) is 13.4. The molecule has 2 aromatic heterocycles. The largest absolute Gasteiger partial charge is 0.444 e. The van der Waals surface area contributed by atoms with E-state index in [4.69, 9.17) is 4.42 Å². The molecule has 0 amide bonds. The molecule has 2 N–H and O–H groups in total. The number of benzene rings is 1. The molecule has 0 aliphatic rings. The van der Waals surface area contributed by atoms with E-state index in [-0.39, 0.29) is 0 Å². The first-order chi connectivity index (χ1) is 10.1. The molecular weight excluding hydrogens is 264 g/mol. The predicted molar refractivity (Wildman–Crippen MR) is 82.1 cm³/mol. The molecule has 0 saturated heterocycles. The number of H-pyrrole nitrogens is 1. The molecule has 0 spiro atoms.